The molecule has 2 aromatic carbocycles. The molecule has 0 aliphatic heterocycles. The van der Waals surface area contributed by atoms with Crippen molar-refractivity contribution in [2.24, 2.45) is 0 Å². The van der Waals surface area contributed by atoms with Crippen molar-refractivity contribution >= 4 is 27.2 Å². The molecule has 5 heteroatoms. The summed E-state index contributed by atoms with van der Waals surface area (Å²) in [7, 11) is 1.59. The maximum atomic E-state index is 13.2. The number of halogens is 1. The van der Waals surface area contributed by atoms with Crippen molar-refractivity contribution in [3.05, 3.63) is 42.2 Å². The lowest BCUT2D eigenvalue weighted by molar-refractivity contribution is 0.415. The highest BCUT2D eigenvalue weighted by atomic mass is 32.1. The molecular formula is C14H11FN2OS. The van der Waals surface area contributed by atoms with Gasteiger partial charge in [0.1, 0.15) is 16.6 Å². The van der Waals surface area contributed by atoms with Gasteiger partial charge in [-0.05, 0) is 30.3 Å². The van der Waals surface area contributed by atoms with Crippen molar-refractivity contribution in [3.8, 4) is 16.3 Å². The third-order valence-electron chi connectivity index (χ3n) is 2.84. The van der Waals surface area contributed by atoms with E-state index in [9.17, 15) is 4.39 Å². The molecule has 0 saturated carbocycles. The SMILES string of the molecule is COc1ccc(-c2nc3ccc(F)cc3s2)c(N)c1. The Morgan fingerprint density at radius 3 is 2.79 bits per heavy atom. The molecule has 3 rings (SSSR count). The van der Waals surface area contributed by atoms with Crippen molar-refractivity contribution in [2.45, 2.75) is 0 Å². The molecule has 19 heavy (non-hydrogen) atoms. The first-order valence-electron chi connectivity index (χ1n) is 5.67. The van der Waals surface area contributed by atoms with Crippen molar-refractivity contribution in [3.63, 3.8) is 0 Å². The van der Waals surface area contributed by atoms with Crippen LogP contribution in [0.15, 0.2) is 36.4 Å². The molecule has 0 saturated heterocycles. The normalized spacial score (nSPS) is 10.8. The van der Waals surface area contributed by atoms with Gasteiger partial charge in [-0.2, -0.15) is 0 Å². The Morgan fingerprint density at radius 1 is 1.21 bits per heavy atom. The van der Waals surface area contributed by atoms with Gasteiger partial charge in [0, 0.05) is 17.3 Å². The number of thiazole rings is 1. The second-order valence-electron chi connectivity index (χ2n) is 4.08. The smallest absolute Gasteiger partial charge is 0.126 e. The van der Waals surface area contributed by atoms with Crippen LogP contribution in [0, 0.1) is 5.82 Å². The molecule has 0 fully saturated rings. The fraction of sp³-hybridized carbons (Fsp3) is 0.0714. The molecule has 0 aliphatic rings. The zero-order valence-electron chi connectivity index (χ0n) is 10.2. The van der Waals surface area contributed by atoms with Crippen molar-refractivity contribution in [1.82, 2.24) is 4.98 Å². The van der Waals surface area contributed by atoms with E-state index < -0.39 is 0 Å². The number of aromatic nitrogens is 1. The number of nitrogen functional groups attached to an aromatic ring is 1. The monoisotopic (exact) mass is 274 g/mol. The van der Waals surface area contributed by atoms with Crippen molar-refractivity contribution in [2.75, 3.05) is 12.8 Å². The Morgan fingerprint density at radius 2 is 2.05 bits per heavy atom. The van der Waals surface area contributed by atoms with Gasteiger partial charge in [-0.1, -0.05) is 0 Å². The molecule has 0 unspecified atom stereocenters. The first kappa shape index (κ1) is 11.9. The van der Waals surface area contributed by atoms with E-state index in [2.05, 4.69) is 4.98 Å². The quantitative estimate of drug-likeness (QED) is 0.725. The second-order valence-corrected chi connectivity index (χ2v) is 5.11. The number of ether oxygens (including phenoxy) is 1. The fourth-order valence-corrected chi connectivity index (χ4v) is 2.91. The maximum Gasteiger partial charge on any atom is 0.126 e. The molecule has 0 bridgehead atoms. The molecule has 0 aliphatic carbocycles. The number of methoxy groups -OCH3 is 1. The average molecular weight is 274 g/mol. The van der Waals surface area contributed by atoms with Crippen LogP contribution in [0.3, 0.4) is 0 Å². The second kappa shape index (κ2) is 4.51. The fourth-order valence-electron chi connectivity index (χ4n) is 1.88. The van der Waals surface area contributed by atoms with Crippen LogP contribution in [-0.4, -0.2) is 12.1 Å². The van der Waals surface area contributed by atoms with E-state index in [1.807, 2.05) is 12.1 Å². The van der Waals surface area contributed by atoms with Crippen LogP contribution in [0.4, 0.5) is 10.1 Å². The number of hydrogen-bond acceptors (Lipinski definition) is 4. The third kappa shape index (κ3) is 2.13. The van der Waals surface area contributed by atoms with Gasteiger partial charge >= 0.3 is 0 Å². The summed E-state index contributed by atoms with van der Waals surface area (Å²) in [6.07, 6.45) is 0. The molecule has 96 valence electrons. The minimum absolute atomic E-state index is 0.259. The highest BCUT2D eigenvalue weighted by molar-refractivity contribution is 7.21. The summed E-state index contributed by atoms with van der Waals surface area (Å²) in [4.78, 5) is 4.47. The highest BCUT2D eigenvalue weighted by Gasteiger charge is 2.10. The predicted molar refractivity (Wildman–Crippen MR) is 76.0 cm³/mol. The summed E-state index contributed by atoms with van der Waals surface area (Å²) in [5.41, 5.74) is 8.20. The van der Waals surface area contributed by atoms with Crippen LogP contribution in [0.1, 0.15) is 0 Å². The third-order valence-corrected chi connectivity index (χ3v) is 3.89. The molecule has 0 amide bonds. The van der Waals surface area contributed by atoms with Crippen LogP contribution >= 0.6 is 11.3 Å². The first-order valence-corrected chi connectivity index (χ1v) is 6.49. The summed E-state index contributed by atoms with van der Waals surface area (Å²) in [5, 5.41) is 0.778. The standard InChI is InChI=1S/C14H11FN2OS/c1-18-9-3-4-10(11(16)7-9)14-17-12-5-2-8(15)6-13(12)19-14/h2-7H,16H2,1H3. The Labute approximate surface area is 113 Å². The summed E-state index contributed by atoms with van der Waals surface area (Å²) >= 11 is 1.42. The molecule has 0 atom stereocenters. The number of anilines is 1. The van der Waals surface area contributed by atoms with Gasteiger partial charge in [0.25, 0.3) is 0 Å². The molecule has 3 nitrogen and oxygen atoms in total. The molecular weight excluding hydrogens is 263 g/mol. The van der Waals surface area contributed by atoms with E-state index in [0.29, 0.717) is 11.4 Å². The largest absolute Gasteiger partial charge is 0.497 e. The van der Waals surface area contributed by atoms with E-state index in [4.69, 9.17) is 10.5 Å². The minimum Gasteiger partial charge on any atom is -0.497 e. The molecule has 3 aromatic rings. The number of nitrogens with two attached hydrogens (primary N) is 1. The van der Waals surface area contributed by atoms with E-state index >= 15 is 0 Å². The number of nitrogens with zero attached hydrogens (tertiary/aromatic N) is 1. The minimum atomic E-state index is -0.259. The number of rotatable bonds is 2. The van der Waals surface area contributed by atoms with Crippen LogP contribution < -0.4 is 10.5 Å². The molecule has 1 heterocycles. The van der Waals surface area contributed by atoms with Crippen LogP contribution in [0.25, 0.3) is 20.8 Å². The molecule has 2 N–H and O–H groups in total. The predicted octanol–water partition coefficient (Wildman–Crippen LogP) is 3.69. The lowest BCUT2D eigenvalue weighted by atomic mass is 10.2. The number of benzene rings is 2. The lowest BCUT2D eigenvalue weighted by Crippen LogP contribution is -1.91. The van der Waals surface area contributed by atoms with Crippen LogP contribution in [0.5, 0.6) is 5.75 Å². The molecule has 0 radical (unpaired) electrons. The lowest BCUT2D eigenvalue weighted by Gasteiger charge is -2.04. The van der Waals surface area contributed by atoms with Gasteiger partial charge in [0.05, 0.1) is 17.3 Å². The Kier molecular flexibility index (Phi) is 2.83. The Bertz CT molecular complexity index is 754. The van der Waals surface area contributed by atoms with E-state index in [-0.39, 0.29) is 5.82 Å². The van der Waals surface area contributed by atoms with Gasteiger partial charge in [0.15, 0.2) is 0 Å². The molecule has 1 aromatic heterocycles. The van der Waals surface area contributed by atoms with Crippen LogP contribution in [-0.2, 0) is 0 Å². The van der Waals surface area contributed by atoms with Crippen molar-refractivity contribution < 1.29 is 9.13 Å². The van der Waals surface area contributed by atoms with E-state index in [1.54, 1.807) is 19.2 Å². The summed E-state index contributed by atoms with van der Waals surface area (Å²) in [5.74, 6) is 0.443. The molecule has 0 spiro atoms. The van der Waals surface area contributed by atoms with Gasteiger partial charge in [-0.25, -0.2) is 9.37 Å². The Hall–Kier alpha value is -2.14. The highest BCUT2D eigenvalue weighted by Crippen LogP contribution is 2.35. The number of hydrogen-bond donors (Lipinski definition) is 1. The van der Waals surface area contributed by atoms with Gasteiger partial charge in [-0.3, -0.25) is 0 Å². The van der Waals surface area contributed by atoms with Gasteiger partial charge < -0.3 is 10.5 Å². The van der Waals surface area contributed by atoms with E-state index in [1.165, 1.54) is 23.5 Å². The van der Waals surface area contributed by atoms with Gasteiger partial charge in [-0.15, -0.1) is 11.3 Å². The maximum absolute atomic E-state index is 13.2. The summed E-state index contributed by atoms with van der Waals surface area (Å²) in [6.45, 7) is 0. The summed E-state index contributed by atoms with van der Waals surface area (Å²) in [6, 6.07) is 10.0. The zero-order chi connectivity index (χ0) is 13.4. The van der Waals surface area contributed by atoms with Crippen molar-refractivity contribution in [1.29, 1.82) is 0 Å². The Balaban J connectivity index is 2.13. The average Bonchev–Trinajstić information content (AvgIpc) is 2.81. The topological polar surface area (TPSA) is 48.1 Å². The zero-order valence-corrected chi connectivity index (χ0v) is 11.0. The van der Waals surface area contributed by atoms with Crippen LogP contribution in [0.2, 0.25) is 0 Å². The van der Waals surface area contributed by atoms with E-state index in [0.717, 1.165) is 20.8 Å². The summed E-state index contributed by atoms with van der Waals surface area (Å²) < 4.78 is 19.1. The van der Waals surface area contributed by atoms with Gasteiger partial charge in [0.2, 0.25) is 0 Å². The number of fused-ring (bicyclic) bond motifs is 1. The first-order chi connectivity index (χ1) is 9.17.